The molecule has 0 atom stereocenters. The smallest absolute Gasteiger partial charge is 0.258 e. The number of carbonyl (C=O) groups excluding carboxylic acids is 1. The number of nitrogen functional groups attached to an aromatic ring is 1. The molecule has 0 spiro atoms. The minimum absolute atomic E-state index is 0.00113. The average Bonchev–Trinajstić information content (AvgIpc) is 2.33. The number of benzene rings is 2. The van der Waals surface area contributed by atoms with Gasteiger partial charge in [-0.05, 0) is 46.3 Å². The molecule has 5 heteroatoms. The van der Waals surface area contributed by atoms with Crippen LogP contribution in [0, 0.1) is 5.82 Å². The highest BCUT2D eigenvalue weighted by molar-refractivity contribution is 9.10. The van der Waals surface area contributed by atoms with Crippen molar-refractivity contribution in [3.05, 3.63) is 58.3 Å². The van der Waals surface area contributed by atoms with E-state index in [0.29, 0.717) is 15.8 Å². The van der Waals surface area contributed by atoms with Crippen LogP contribution in [-0.4, -0.2) is 5.91 Å². The van der Waals surface area contributed by atoms with Gasteiger partial charge in [0, 0.05) is 10.2 Å². The van der Waals surface area contributed by atoms with Crippen molar-refractivity contribution >= 4 is 33.2 Å². The van der Waals surface area contributed by atoms with Crippen LogP contribution in [0.5, 0.6) is 0 Å². The second-order valence-corrected chi connectivity index (χ2v) is 4.53. The molecule has 0 radical (unpaired) electrons. The zero-order chi connectivity index (χ0) is 13.1. The van der Waals surface area contributed by atoms with Crippen LogP contribution in [0.15, 0.2) is 46.9 Å². The lowest BCUT2D eigenvalue weighted by molar-refractivity contribution is 0.102. The van der Waals surface area contributed by atoms with Gasteiger partial charge >= 0.3 is 0 Å². The number of amides is 1. The van der Waals surface area contributed by atoms with Gasteiger partial charge in [0.05, 0.1) is 11.3 Å². The average molecular weight is 309 g/mol. The van der Waals surface area contributed by atoms with Gasteiger partial charge in [-0.15, -0.1) is 0 Å². The fraction of sp³-hybridized carbons (Fsp3) is 0. The van der Waals surface area contributed by atoms with Crippen LogP contribution in [0.2, 0.25) is 0 Å². The maximum absolute atomic E-state index is 13.4. The van der Waals surface area contributed by atoms with Gasteiger partial charge in [0.25, 0.3) is 5.91 Å². The van der Waals surface area contributed by atoms with Crippen molar-refractivity contribution in [2.24, 2.45) is 0 Å². The van der Waals surface area contributed by atoms with E-state index in [4.69, 9.17) is 5.73 Å². The van der Waals surface area contributed by atoms with E-state index in [1.165, 1.54) is 18.2 Å². The van der Waals surface area contributed by atoms with Gasteiger partial charge in [-0.3, -0.25) is 4.79 Å². The Balaban J connectivity index is 2.24. The van der Waals surface area contributed by atoms with E-state index >= 15 is 0 Å². The first-order chi connectivity index (χ1) is 8.58. The normalized spacial score (nSPS) is 10.1. The molecule has 3 N–H and O–H groups in total. The van der Waals surface area contributed by atoms with E-state index < -0.39 is 11.7 Å². The molecule has 2 rings (SSSR count). The van der Waals surface area contributed by atoms with Crippen LogP contribution >= 0.6 is 15.9 Å². The Labute approximate surface area is 112 Å². The van der Waals surface area contributed by atoms with Crippen LogP contribution < -0.4 is 11.1 Å². The van der Waals surface area contributed by atoms with Crippen LogP contribution in [0.25, 0.3) is 0 Å². The van der Waals surface area contributed by atoms with Gasteiger partial charge in [0.2, 0.25) is 0 Å². The highest BCUT2D eigenvalue weighted by Crippen LogP contribution is 2.25. The third kappa shape index (κ3) is 2.68. The van der Waals surface area contributed by atoms with E-state index in [1.54, 1.807) is 24.3 Å². The first-order valence-electron chi connectivity index (χ1n) is 5.19. The highest BCUT2D eigenvalue weighted by atomic mass is 79.9. The lowest BCUT2D eigenvalue weighted by Crippen LogP contribution is -2.14. The molecular formula is C13H10BrFN2O. The molecule has 0 aliphatic carbocycles. The first-order valence-corrected chi connectivity index (χ1v) is 5.98. The number of nitrogens with one attached hydrogen (secondary N) is 1. The third-order valence-electron chi connectivity index (χ3n) is 2.36. The summed E-state index contributed by atoms with van der Waals surface area (Å²) < 4.78 is 14.1. The molecule has 0 bridgehead atoms. The van der Waals surface area contributed by atoms with Crippen LogP contribution in [0.1, 0.15) is 10.4 Å². The van der Waals surface area contributed by atoms with Crippen molar-refractivity contribution in [2.75, 3.05) is 11.1 Å². The van der Waals surface area contributed by atoms with Crippen molar-refractivity contribution in [1.29, 1.82) is 0 Å². The second kappa shape index (κ2) is 5.18. The Kier molecular flexibility index (Phi) is 3.62. The summed E-state index contributed by atoms with van der Waals surface area (Å²) in [5, 5.41) is 2.61. The minimum Gasteiger partial charge on any atom is -0.399 e. The summed E-state index contributed by atoms with van der Waals surface area (Å²) in [6, 6.07) is 10.8. The molecule has 0 saturated carbocycles. The summed E-state index contributed by atoms with van der Waals surface area (Å²) in [4.78, 5) is 11.9. The van der Waals surface area contributed by atoms with Crippen LogP contribution in [0.3, 0.4) is 0 Å². The summed E-state index contributed by atoms with van der Waals surface area (Å²) in [7, 11) is 0. The van der Waals surface area contributed by atoms with Gasteiger partial charge in [-0.1, -0.05) is 12.1 Å². The fourth-order valence-corrected chi connectivity index (χ4v) is 1.96. The van der Waals surface area contributed by atoms with Gasteiger partial charge in [-0.25, -0.2) is 4.39 Å². The van der Waals surface area contributed by atoms with Gasteiger partial charge in [0.15, 0.2) is 0 Å². The number of hydrogen-bond donors (Lipinski definition) is 2. The molecule has 0 aromatic heterocycles. The van der Waals surface area contributed by atoms with Crippen molar-refractivity contribution in [2.45, 2.75) is 0 Å². The maximum Gasteiger partial charge on any atom is 0.258 e. The van der Waals surface area contributed by atoms with Gasteiger partial charge in [0.1, 0.15) is 5.82 Å². The van der Waals surface area contributed by atoms with Crippen molar-refractivity contribution in [3.63, 3.8) is 0 Å². The van der Waals surface area contributed by atoms with E-state index in [0.717, 1.165) is 0 Å². The molecule has 0 heterocycles. The zero-order valence-corrected chi connectivity index (χ0v) is 10.9. The summed E-state index contributed by atoms with van der Waals surface area (Å²) >= 11 is 3.28. The lowest BCUT2D eigenvalue weighted by Gasteiger charge is -2.08. The SMILES string of the molecule is Nc1ccc(NC(=O)c2ccccc2F)c(Br)c1. The zero-order valence-electron chi connectivity index (χ0n) is 9.28. The molecule has 2 aromatic carbocycles. The number of nitrogens with two attached hydrogens (primary N) is 1. The molecule has 1 amide bonds. The van der Waals surface area contributed by atoms with Gasteiger partial charge < -0.3 is 11.1 Å². The Morgan fingerprint density at radius 2 is 1.94 bits per heavy atom. The predicted molar refractivity (Wildman–Crippen MR) is 72.9 cm³/mol. The molecule has 0 unspecified atom stereocenters. The lowest BCUT2D eigenvalue weighted by atomic mass is 10.2. The number of hydrogen-bond acceptors (Lipinski definition) is 2. The fourth-order valence-electron chi connectivity index (χ4n) is 1.47. The van der Waals surface area contributed by atoms with Gasteiger partial charge in [-0.2, -0.15) is 0 Å². The largest absolute Gasteiger partial charge is 0.399 e. The summed E-state index contributed by atoms with van der Waals surface area (Å²) in [5.74, 6) is -1.06. The minimum atomic E-state index is -0.554. The van der Waals surface area contributed by atoms with Crippen molar-refractivity contribution in [3.8, 4) is 0 Å². The van der Waals surface area contributed by atoms with Crippen LogP contribution in [-0.2, 0) is 0 Å². The monoisotopic (exact) mass is 308 g/mol. The summed E-state index contributed by atoms with van der Waals surface area (Å²) in [6.45, 7) is 0. The topological polar surface area (TPSA) is 55.1 Å². The van der Waals surface area contributed by atoms with E-state index in [-0.39, 0.29) is 5.56 Å². The Morgan fingerprint density at radius 3 is 2.61 bits per heavy atom. The number of carbonyl (C=O) groups is 1. The van der Waals surface area contributed by atoms with Crippen molar-refractivity contribution in [1.82, 2.24) is 0 Å². The van der Waals surface area contributed by atoms with E-state index in [1.807, 2.05) is 0 Å². The molecule has 0 saturated heterocycles. The first kappa shape index (κ1) is 12.6. The number of halogens is 2. The molecular weight excluding hydrogens is 299 g/mol. The Bertz CT molecular complexity index is 601. The third-order valence-corrected chi connectivity index (χ3v) is 3.02. The Hall–Kier alpha value is -1.88. The quantitative estimate of drug-likeness (QED) is 0.835. The number of rotatable bonds is 2. The van der Waals surface area contributed by atoms with Crippen LogP contribution in [0.4, 0.5) is 15.8 Å². The molecule has 92 valence electrons. The van der Waals surface area contributed by atoms with E-state index in [2.05, 4.69) is 21.2 Å². The summed E-state index contributed by atoms with van der Waals surface area (Å²) in [6.07, 6.45) is 0. The highest BCUT2D eigenvalue weighted by Gasteiger charge is 2.12. The number of anilines is 2. The standard InChI is InChI=1S/C13H10BrFN2O/c14-10-7-8(16)5-6-12(10)17-13(18)9-3-1-2-4-11(9)15/h1-7H,16H2,(H,17,18). The Morgan fingerprint density at radius 1 is 1.22 bits per heavy atom. The second-order valence-electron chi connectivity index (χ2n) is 3.67. The molecule has 3 nitrogen and oxygen atoms in total. The summed E-state index contributed by atoms with van der Waals surface area (Å²) in [5.41, 5.74) is 6.71. The van der Waals surface area contributed by atoms with Crippen molar-refractivity contribution < 1.29 is 9.18 Å². The predicted octanol–water partition coefficient (Wildman–Crippen LogP) is 3.42. The maximum atomic E-state index is 13.4. The molecule has 2 aromatic rings. The molecule has 0 aliphatic heterocycles. The van der Waals surface area contributed by atoms with E-state index in [9.17, 15) is 9.18 Å². The molecule has 18 heavy (non-hydrogen) atoms. The molecule has 0 fully saturated rings. The molecule has 0 aliphatic rings.